The number of carbonyl (C=O) groups is 2. The van der Waals surface area contributed by atoms with E-state index in [2.05, 4.69) is 25.9 Å². The van der Waals surface area contributed by atoms with Gasteiger partial charge in [0.25, 0.3) is 5.78 Å². The van der Waals surface area contributed by atoms with E-state index in [1.165, 1.54) is 4.90 Å². The maximum atomic E-state index is 13.2. The number of hydrogen-bond acceptors (Lipinski definition) is 6. The van der Waals surface area contributed by atoms with Gasteiger partial charge in [0.2, 0.25) is 0 Å². The quantitative estimate of drug-likeness (QED) is 0.290. The van der Waals surface area contributed by atoms with Gasteiger partial charge in [-0.05, 0) is 61.6 Å². The Bertz CT molecular complexity index is 1280. The third-order valence-electron chi connectivity index (χ3n) is 5.90. The molecule has 0 aliphatic carbocycles. The number of carbonyl (C=O) groups excluding carboxylic acids is 2. The molecule has 1 fully saturated rings. The van der Waals surface area contributed by atoms with E-state index in [-0.39, 0.29) is 28.7 Å². The second-order valence-electron chi connectivity index (χ2n) is 10.0. The molecule has 1 atom stereocenters. The standard InChI is InChI=1S/C28H30N2O5/c1-16(2)34-21-13-9-19(10-14-21)25(31)23-24(18-7-11-20(12-8-18)28(4,5)6)30(27(33)26(23)32)22-15-17(3)35-29-22/h7-16,24,31H,1-6H3/t24-/m1/s1. The van der Waals surface area contributed by atoms with Gasteiger partial charge in [-0.1, -0.05) is 50.2 Å². The maximum Gasteiger partial charge on any atom is 0.301 e. The number of rotatable bonds is 5. The Morgan fingerprint density at radius 2 is 1.69 bits per heavy atom. The molecule has 182 valence electrons. The van der Waals surface area contributed by atoms with Gasteiger partial charge in [-0.3, -0.25) is 14.5 Å². The van der Waals surface area contributed by atoms with Crippen molar-refractivity contribution >= 4 is 23.3 Å². The van der Waals surface area contributed by atoms with Crippen molar-refractivity contribution < 1.29 is 24.0 Å². The van der Waals surface area contributed by atoms with E-state index < -0.39 is 17.7 Å². The number of anilines is 1. The van der Waals surface area contributed by atoms with Crippen LogP contribution in [0.1, 0.15) is 63.1 Å². The van der Waals surface area contributed by atoms with Gasteiger partial charge in [-0.2, -0.15) is 0 Å². The number of aromatic nitrogens is 1. The second-order valence-corrected chi connectivity index (χ2v) is 10.0. The number of aliphatic hydroxyl groups excluding tert-OH is 1. The Hall–Kier alpha value is -3.87. The van der Waals surface area contributed by atoms with E-state index >= 15 is 0 Å². The summed E-state index contributed by atoms with van der Waals surface area (Å²) < 4.78 is 10.9. The molecule has 1 N–H and O–H groups in total. The van der Waals surface area contributed by atoms with Crippen molar-refractivity contribution in [1.82, 2.24) is 5.16 Å². The van der Waals surface area contributed by atoms with Crippen molar-refractivity contribution in [2.45, 2.75) is 59.1 Å². The van der Waals surface area contributed by atoms with Crippen LogP contribution in [-0.4, -0.2) is 28.1 Å². The average Bonchev–Trinajstić information content (AvgIpc) is 3.33. The Morgan fingerprint density at radius 1 is 1.06 bits per heavy atom. The lowest BCUT2D eigenvalue weighted by Gasteiger charge is -2.24. The first-order valence-corrected chi connectivity index (χ1v) is 11.6. The molecule has 4 rings (SSSR count). The van der Waals surface area contributed by atoms with E-state index in [0.29, 0.717) is 22.6 Å². The number of aliphatic hydroxyl groups is 1. The molecule has 0 spiro atoms. The largest absolute Gasteiger partial charge is 0.507 e. The highest BCUT2D eigenvalue weighted by Gasteiger charge is 2.48. The summed E-state index contributed by atoms with van der Waals surface area (Å²) in [6.45, 7) is 11.9. The topological polar surface area (TPSA) is 92.9 Å². The summed E-state index contributed by atoms with van der Waals surface area (Å²) in [6, 6.07) is 15.2. The lowest BCUT2D eigenvalue weighted by Crippen LogP contribution is -2.29. The van der Waals surface area contributed by atoms with E-state index in [1.807, 2.05) is 38.1 Å². The highest BCUT2D eigenvalue weighted by Crippen LogP contribution is 2.42. The summed E-state index contributed by atoms with van der Waals surface area (Å²) in [4.78, 5) is 27.7. The van der Waals surface area contributed by atoms with Crippen LogP contribution in [0.5, 0.6) is 5.75 Å². The third-order valence-corrected chi connectivity index (χ3v) is 5.90. The average molecular weight is 475 g/mol. The normalized spacial score (nSPS) is 17.9. The number of benzene rings is 2. The highest BCUT2D eigenvalue weighted by molar-refractivity contribution is 6.51. The molecule has 7 heteroatoms. The number of ether oxygens (including phenoxy) is 1. The van der Waals surface area contributed by atoms with Gasteiger partial charge in [0.15, 0.2) is 5.82 Å². The zero-order valence-electron chi connectivity index (χ0n) is 20.8. The predicted octanol–water partition coefficient (Wildman–Crippen LogP) is 5.69. The number of ketones is 1. The minimum atomic E-state index is -0.861. The molecule has 1 aliphatic heterocycles. The summed E-state index contributed by atoms with van der Waals surface area (Å²) in [5.74, 6) is -0.449. The number of aryl methyl sites for hydroxylation is 1. The molecule has 3 aromatic rings. The first kappa shape index (κ1) is 24.3. The fraction of sp³-hybridized carbons (Fsp3) is 0.321. The maximum absolute atomic E-state index is 13.2. The number of nitrogens with zero attached hydrogens (tertiary/aromatic N) is 2. The molecular weight excluding hydrogens is 444 g/mol. The van der Waals surface area contributed by atoms with Crippen LogP contribution >= 0.6 is 0 Å². The van der Waals surface area contributed by atoms with E-state index in [1.54, 1.807) is 37.3 Å². The summed E-state index contributed by atoms with van der Waals surface area (Å²) >= 11 is 0. The molecule has 0 unspecified atom stereocenters. The molecule has 0 radical (unpaired) electrons. The molecule has 1 saturated heterocycles. The molecule has 1 amide bonds. The fourth-order valence-corrected chi connectivity index (χ4v) is 4.14. The fourth-order valence-electron chi connectivity index (χ4n) is 4.14. The van der Waals surface area contributed by atoms with Crippen LogP contribution in [0.2, 0.25) is 0 Å². The van der Waals surface area contributed by atoms with Crippen molar-refractivity contribution in [2.75, 3.05) is 4.90 Å². The predicted molar refractivity (Wildman–Crippen MR) is 133 cm³/mol. The Kier molecular flexibility index (Phi) is 6.28. The molecule has 1 aromatic heterocycles. The minimum absolute atomic E-state index is 0.00163. The summed E-state index contributed by atoms with van der Waals surface area (Å²) in [7, 11) is 0. The van der Waals surface area contributed by atoms with Crippen molar-refractivity contribution in [3.05, 3.63) is 82.6 Å². The van der Waals surface area contributed by atoms with Crippen molar-refractivity contribution in [2.24, 2.45) is 0 Å². The highest BCUT2D eigenvalue weighted by atomic mass is 16.5. The van der Waals surface area contributed by atoms with Crippen LogP contribution in [0, 0.1) is 6.92 Å². The van der Waals surface area contributed by atoms with Crippen LogP contribution < -0.4 is 9.64 Å². The first-order valence-electron chi connectivity index (χ1n) is 11.6. The Balaban J connectivity index is 1.85. The van der Waals surface area contributed by atoms with E-state index in [0.717, 1.165) is 5.56 Å². The van der Waals surface area contributed by atoms with Gasteiger partial charge >= 0.3 is 5.91 Å². The van der Waals surface area contributed by atoms with Gasteiger partial charge < -0.3 is 14.4 Å². The third kappa shape index (κ3) is 4.71. The van der Waals surface area contributed by atoms with Gasteiger partial charge in [-0.25, -0.2) is 0 Å². The smallest absolute Gasteiger partial charge is 0.301 e. The van der Waals surface area contributed by atoms with Gasteiger partial charge in [-0.15, -0.1) is 0 Å². The van der Waals surface area contributed by atoms with Crippen LogP contribution in [0.25, 0.3) is 5.76 Å². The van der Waals surface area contributed by atoms with Crippen LogP contribution in [0.15, 0.2) is 64.7 Å². The number of amides is 1. The lowest BCUT2D eigenvalue weighted by atomic mass is 9.85. The lowest BCUT2D eigenvalue weighted by molar-refractivity contribution is -0.132. The number of Topliss-reactive ketones (excluding diaryl/α,β-unsaturated/α-hetero) is 1. The SMILES string of the molecule is Cc1cc(N2C(=O)C(=O)C(=C(O)c3ccc(OC(C)C)cc3)[C@H]2c2ccc(C(C)(C)C)cc2)no1. The van der Waals surface area contributed by atoms with Crippen LogP contribution in [-0.2, 0) is 15.0 Å². The molecule has 7 nitrogen and oxygen atoms in total. The minimum Gasteiger partial charge on any atom is -0.507 e. The van der Waals surface area contributed by atoms with Gasteiger partial charge in [0.05, 0.1) is 17.7 Å². The van der Waals surface area contributed by atoms with Crippen molar-refractivity contribution in [3.63, 3.8) is 0 Å². The van der Waals surface area contributed by atoms with Crippen LogP contribution in [0.4, 0.5) is 5.82 Å². The molecule has 2 heterocycles. The molecular formula is C28H30N2O5. The molecule has 1 aliphatic rings. The monoisotopic (exact) mass is 474 g/mol. The zero-order valence-corrected chi connectivity index (χ0v) is 20.8. The molecule has 2 aromatic carbocycles. The Labute approximate surface area is 205 Å². The number of hydrogen-bond donors (Lipinski definition) is 1. The van der Waals surface area contributed by atoms with Gasteiger partial charge in [0.1, 0.15) is 17.3 Å². The van der Waals surface area contributed by atoms with Crippen molar-refractivity contribution in [3.8, 4) is 5.75 Å². The summed E-state index contributed by atoms with van der Waals surface area (Å²) in [5.41, 5.74) is 2.13. The molecule has 35 heavy (non-hydrogen) atoms. The van der Waals surface area contributed by atoms with E-state index in [4.69, 9.17) is 9.26 Å². The first-order chi connectivity index (χ1) is 16.5. The zero-order chi connectivity index (χ0) is 25.5. The second kappa shape index (κ2) is 9.06. The van der Waals surface area contributed by atoms with Crippen molar-refractivity contribution in [1.29, 1.82) is 0 Å². The van der Waals surface area contributed by atoms with Gasteiger partial charge in [0, 0.05) is 11.6 Å². The molecule has 0 bridgehead atoms. The molecule has 0 saturated carbocycles. The summed E-state index contributed by atoms with van der Waals surface area (Å²) in [6.07, 6.45) is 0.00163. The van der Waals surface area contributed by atoms with Crippen LogP contribution in [0.3, 0.4) is 0 Å². The van der Waals surface area contributed by atoms with E-state index in [9.17, 15) is 14.7 Å². The Morgan fingerprint density at radius 3 is 2.20 bits per heavy atom. The summed E-state index contributed by atoms with van der Waals surface area (Å²) in [5, 5.41) is 15.2.